The van der Waals surface area contributed by atoms with Crippen molar-refractivity contribution >= 4 is 29.1 Å². The maximum Gasteiger partial charge on any atom is 0.225 e. The van der Waals surface area contributed by atoms with Crippen LogP contribution in [0.15, 0.2) is 18.2 Å². The minimum Gasteiger partial charge on any atom is -0.380 e. The van der Waals surface area contributed by atoms with Gasteiger partial charge in [-0.2, -0.15) is 0 Å². The molecule has 4 nitrogen and oxygen atoms in total. The second-order valence-corrected chi connectivity index (χ2v) is 5.49. The molecule has 0 aromatic heterocycles. The minimum atomic E-state index is -0.266. The van der Waals surface area contributed by atoms with Crippen LogP contribution in [0.4, 0.5) is 0 Å². The lowest BCUT2D eigenvalue weighted by Gasteiger charge is -2.27. The molecule has 0 fully saturated rings. The van der Waals surface area contributed by atoms with Gasteiger partial charge in [0.1, 0.15) is 0 Å². The van der Waals surface area contributed by atoms with Gasteiger partial charge >= 0.3 is 0 Å². The van der Waals surface area contributed by atoms with E-state index in [1.807, 2.05) is 13.0 Å². The Kier molecular flexibility index (Phi) is 6.76. The number of ether oxygens (including phenoxy) is 1. The molecule has 20 heavy (non-hydrogen) atoms. The van der Waals surface area contributed by atoms with Gasteiger partial charge < -0.3 is 15.4 Å². The Morgan fingerprint density at radius 2 is 2.10 bits per heavy atom. The molecule has 2 atom stereocenters. The molecule has 0 bridgehead atoms. The lowest BCUT2D eigenvalue weighted by Crippen LogP contribution is -2.35. The van der Waals surface area contributed by atoms with Gasteiger partial charge in [0, 0.05) is 30.7 Å². The lowest BCUT2D eigenvalue weighted by atomic mass is 10.1. The fourth-order valence-electron chi connectivity index (χ4n) is 1.87. The Bertz CT molecular complexity index is 464. The zero-order valence-electron chi connectivity index (χ0n) is 11.9. The van der Waals surface area contributed by atoms with Crippen molar-refractivity contribution in [1.29, 1.82) is 0 Å². The van der Waals surface area contributed by atoms with Gasteiger partial charge in [0.2, 0.25) is 5.91 Å². The molecular formula is C14H20Cl2N2O2. The second kappa shape index (κ2) is 7.84. The first-order valence-electron chi connectivity index (χ1n) is 6.34. The first-order chi connectivity index (χ1) is 9.40. The SMILES string of the molecule is COC(CN)CC(=O)N(C)C(C)c1ccc(Cl)cc1Cl. The van der Waals surface area contributed by atoms with E-state index in [4.69, 9.17) is 33.7 Å². The van der Waals surface area contributed by atoms with E-state index in [0.29, 0.717) is 16.6 Å². The smallest absolute Gasteiger partial charge is 0.225 e. The van der Waals surface area contributed by atoms with Crippen LogP contribution in [0.3, 0.4) is 0 Å². The van der Waals surface area contributed by atoms with E-state index in [-0.39, 0.29) is 24.5 Å². The van der Waals surface area contributed by atoms with Crippen LogP contribution >= 0.6 is 23.2 Å². The molecule has 6 heteroatoms. The van der Waals surface area contributed by atoms with Gasteiger partial charge in [-0.25, -0.2) is 0 Å². The number of carbonyl (C=O) groups is 1. The molecule has 2 unspecified atom stereocenters. The molecule has 2 N–H and O–H groups in total. The van der Waals surface area contributed by atoms with Crippen LogP contribution in [0.1, 0.15) is 24.9 Å². The number of nitrogens with two attached hydrogens (primary N) is 1. The normalized spacial score (nSPS) is 13.9. The summed E-state index contributed by atoms with van der Waals surface area (Å²) in [6.07, 6.45) is -0.0168. The number of carbonyl (C=O) groups excluding carboxylic acids is 1. The highest BCUT2D eigenvalue weighted by atomic mass is 35.5. The van der Waals surface area contributed by atoms with Gasteiger partial charge in [-0.3, -0.25) is 4.79 Å². The summed E-state index contributed by atoms with van der Waals surface area (Å²) in [4.78, 5) is 13.8. The highest BCUT2D eigenvalue weighted by Crippen LogP contribution is 2.29. The molecule has 0 heterocycles. The van der Waals surface area contributed by atoms with Gasteiger partial charge in [0.15, 0.2) is 0 Å². The Hall–Kier alpha value is -0.810. The zero-order chi connectivity index (χ0) is 15.3. The summed E-state index contributed by atoms with van der Waals surface area (Å²) in [5, 5.41) is 1.12. The Morgan fingerprint density at radius 3 is 2.60 bits per heavy atom. The van der Waals surface area contributed by atoms with E-state index in [0.717, 1.165) is 5.56 Å². The summed E-state index contributed by atoms with van der Waals surface area (Å²) < 4.78 is 5.13. The van der Waals surface area contributed by atoms with Gasteiger partial charge in [0.25, 0.3) is 0 Å². The average Bonchev–Trinajstić information content (AvgIpc) is 2.42. The number of methoxy groups -OCH3 is 1. The van der Waals surface area contributed by atoms with Crippen molar-refractivity contribution in [2.24, 2.45) is 5.73 Å². The van der Waals surface area contributed by atoms with Crippen LogP contribution < -0.4 is 5.73 Å². The molecule has 0 saturated carbocycles. The van der Waals surface area contributed by atoms with Crippen molar-refractivity contribution in [2.45, 2.75) is 25.5 Å². The van der Waals surface area contributed by atoms with Gasteiger partial charge in [0.05, 0.1) is 18.6 Å². The predicted octanol–water partition coefficient (Wildman–Crippen LogP) is 2.88. The Morgan fingerprint density at radius 1 is 1.45 bits per heavy atom. The number of hydrogen-bond donors (Lipinski definition) is 1. The molecule has 0 spiro atoms. The number of benzene rings is 1. The van der Waals surface area contributed by atoms with E-state index in [1.165, 1.54) is 0 Å². The highest BCUT2D eigenvalue weighted by molar-refractivity contribution is 6.35. The molecular weight excluding hydrogens is 299 g/mol. The summed E-state index contributed by atoms with van der Waals surface area (Å²) in [6.45, 7) is 2.23. The fraction of sp³-hybridized carbons (Fsp3) is 0.500. The van der Waals surface area contributed by atoms with Gasteiger partial charge in [-0.15, -0.1) is 0 Å². The first kappa shape index (κ1) is 17.2. The van der Waals surface area contributed by atoms with Gasteiger partial charge in [-0.05, 0) is 24.6 Å². The minimum absolute atomic E-state index is 0.0409. The fourth-order valence-corrected chi connectivity index (χ4v) is 2.43. The Labute approximate surface area is 129 Å². The van der Waals surface area contributed by atoms with Crippen LogP contribution in [-0.4, -0.2) is 37.6 Å². The zero-order valence-corrected chi connectivity index (χ0v) is 13.4. The van der Waals surface area contributed by atoms with Crippen LogP contribution in [0.2, 0.25) is 10.0 Å². The molecule has 1 rings (SSSR count). The third-order valence-corrected chi connectivity index (χ3v) is 3.95. The highest BCUT2D eigenvalue weighted by Gasteiger charge is 2.22. The number of rotatable bonds is 6. The molecule has 112 valence electrons. The van der Waals surface area contributed by atoms with Crippen LogP contribution in [0.5, 0.6) is 0 Å². The van der Waals surface area contributed by atoms with Crippen molar-refractivity contribution in [3.63, 3.8) is 0 Å². The van der Waals surface area contributed by atoms with Gasteiger partial charge in [-0.1, -0.05) is 29.3 Å². The quantitative estimate of drug-likeness (QED) is 0.877. The topological polar surface area (TPSA) is 55.6 Å². The number of hydrogen-bond acceptors (Lipinski definition) is 3. The summed E-state index contributed by atoms with van der Waals surface area (Å²) in [6, 6.07) is 5.11. The summed E-state index contributed by atoms with van der Waals surface area (Å²) in [7, 11) is 3.28. The molecule has 0 saturated heterocycles. The predicted molar refractivity (Wildman–Crippen MR) is 82.1 cm³/mol. The number of amides is 1. The third kappa shape index (κ3) is 4.35. The van der Waals surface area contributed by atoms with E-state index in [2.05, 4.69) is 0 Å². The molecule has 0 aliphatic heterocycles. The molecule has 0 aliphatic carbocycles. The van der Waals surface area contributed by atoms with E-state index < -0.39 is 0 Å². The van der Waals surface area contributed by atoms with Crippen LogP contribution in [-0.2, 0) is 9.53 Å². The largest absolute Gasteiger partial charge is 0.380 e. The van der Waals surface area contributed by atoms with Crippen LogP contribution in [0.25, 0.3) is 0 Å². The summed E-state index contributed by atoms with van der Waals surface area (Å²) >= 11 is 12.0. The van der Waals surface area contributed by atoms with Crippen LogP contribution in [0, 0.1) is 0 Å². The maximum absolute atomic E-state index is 12.2. The van der Waals surface area contributed by atoms with Crippen molar-refractivity contribution in [3.8, 4) is 0 Å². The number of nitrogens with zero attached hydrogens (tertiary/aromatic N) is 1. The van der Waals surface area contributed by atoms with E-state index in [9.17, 15) is 4.79 Å². The summed E-state index contributed by atoms with van der Waals surface area (Å²) in [5.74, 6) is -0.0409. The molecule has 0 aliphatic rings. The monoisotopic (exact) mass is 318 g/mol. The third-order valence-electron chi connectivity index (χ3n) is 3.39. The van der Waals surface area contributed by atoms with Crippen molar-refractivity contribution in [1.82, 2.24) is 4.90 Å². The van der Waals surface area contributed by atoms with Crippen molar-refractivity contribution in [3.05, 3.63) is 33.8 Å². The standard InChI is InChI=1S/C14H20Cl2N2O2/c1-9(12-5-4-10(15)6-13(12)16)18(2)14(19)7-11(8-17)20-3/h4-6,9,11H,7-8,17H2,1-3H3. The van der Waals surface area contributed by atoms with E-state index in [1.54, 1.807) is 31.2 Å². The average molecular weight is 319 g/mol. The molecule has 1 aromatic carbocycles. The van der Waals surface area contributed by atoms with Crippen molar-refractivity contribution < 1.29 is 9.53 Å². The lowest BCUT2D eigenvalue weighted by molar-refractivity contribution is -0.134. The summed E-state index contributed by atoms with van der Waals surface area (Å²) in [5.41, 5.74) is 6.38. The molecule has 0 radical (unpaired) electrons. The second-order valence-electron chi connectivity index (χ2n) is 4.64. The molecule has 1 aromatic rings. The first-order valence-corrected chi connectivity index (χ1v) is 7.09. The van der Waals surface area contributed by atoms with Crippen molar-refractivity contribution in [2.75, 3.05) is 20.7 Å². The maximum atomic E-state index is 12.2. The number of halogens is 2. The molecule has 1 amide bonds. The Balaban J connectivity index is 2.80. The van der Waals surface area contributed by atoms with E-state index >= 15 is 0 Å².